The molecule has 0 unspecified atom stereocenters. The van der Waals surface area contributed by atoms with Crippen molar-refractivity contribution in [2.24, 2.45) is 0 Å². The first kappa shape index (κ1) is 17.2. The third-order valence-corrected chi connectivity index (χ3v) is 4.07. The first-order valence-corrected chi connectivity index (χ1v) is 8.43. The molecule has 4 aromatic rings. The van der Waals surface area contributed by atoms with Gasteiger partial charge in [0.1, 0.15) is 0 Å². The number of H-pyrrole nitrogens is 1. The van der Waals surface area contributed by atoms with Gasteiger partial charge in [-0.2, -0.15) is 20.4 Å². The predicted molar refractivity (Wildman–Crippen MR) is 103 cm³/mol. The van der Waals surface area contributed by atoms with Gasteiger partial charge < -0.3 is 4.90 Å². The summed E-state index contributed by atoms with van der Waals surface area (Å²) in [5.41, 5.74) is 2.63. The van der Waals surface area contributed by atoms with Gasteiger partial charge in [-0.25, -0.2) is 4.98 Å². The number of rotatable bonds is 4. The van der Waals surface area contributed by atoms with Crippen LogP contribution >= 0.6 is 0 Å². The Balaban J connectivity index is 1.95. The maximum absolute atomic E-state index is 9.46. The van der Waals surface area contributed by atoms with Gasteiger partial charge in [0.05, 0.1) is 11.6 Å². The van der Waals surface area contributed by atoms with Crippen LogP contribution in [-0.4, -0.2) is 49.7 Å². The molecule has 0 aliphatic rings. The summed E-state index contributed by atoms with van der Waals surface area (Å²) >= 11 is 0. The van der Waals surface area contributed by atoms with Crippen LogP contribution in [0.15, 0.2) is 48.5 Å². The molecule has 0 amide bonds. The van der Waals surface area contributed by atoms with Crippen LogP contribution in [-0.2, 0) is 0 Å². The van der Waals surface area contributed by atoms with Crippen LogP contribution in [0.3, 0.4) is 0 Å². The largest absolute Gasteiger partial charge is 0.347 e. The highest BCUT2D eigenvalue weighted by atomic mass is 15.5. The van der Waals surface area contributed by atoms with Gasteiger partial charge in [-0.15, -0.1) is 10.2 Å². The summed E-state index contributed by atoms with van der Waals surface area (Å²) in [6.45, 7) is 0. The zero-order valence-electron chi connectivity index (χ0n) is 15.2. The number of nitrogens with zero attached hydrogens (tertiary/aromatic N) is 8. The number of nitrogens with one attached hydrogen (secondary N) is 1. The topological polar surface area (TPSA) is 120 Å². The Morgan fingerprint density at radius 1 is 0.821 bits per heavy atom. The number of tetrazole rings is 1. The Kier molecular flexibility index (Phi) is 4.43. The third kappa shape index (κ3) is 3.14. The van der Waals surface area contributed by atoms with Crippen LogP contribution in [0.5, 0.6) is 0 Å². The monoisotopic (exact) mass is 369 g/mol. The molecule has 0 atom stereocenters. The van der Waals surface area contributed by atoms with Crippen molar-refractivity contribution in [3.63, 3.8) is 0 Å². The lowest BCUT2D eigenvalue weighted by Crippen LogP contribution is -2.15. The Labute approximate surface area is 160 Å². The van der Waals surface area contributed by atoms with E-state index in [1.54, 1.807) is 11.0 Å². The van der Waals surface area contributed by atoms with Gasteiger partial charge in [0.15, 0.2) is 11.6 Å². The number of hydrogen-bond donors (Lipinski definition) is 1. The molecule has 2 heterocycles. The molecule has 4 rings (SSSR count). The van der Waals surface area contributed by atoms with Crippen LogP contribution in [0.1, 0.15) is 5.56 Å². The molecule has 9 heteroatoms. The van der Waals surface area contributed by atoms with Crippen molar-refractivity contribution in [3.05, 3.63) is 54.1 Å². The highest BCUT2D eigenvalue weighted by Gasteiger charge is 2.18. The van der Waals surface area contributed by atoms with E-state index >= 15 is 0 Å². The number of benzene rings is 2. The summed E-state index contributed by atoms with van der Waals surface area (Å²) in [6, 6.07) is 16.9. The Morgan fingerprint density at radius 2 is 1.43 bits per heavy atom. The van der Waals surface area contributed by atoms with Crippen LogP contribution in [0.4, 0.5) is 5.95 Å². The summed E-state index contributed by atoms with van der Waals surface area (Å²) in [6.07, 6.45) is 0. The van der Waals surface area contributed by atoms with Crippen LogP contribution in [0.25, 0.3) is 34.2 Å². The molecule has 0 radical (unpaired) electrons. The Hall–Kier alpha value is -4.19. The Bertz CT molecular complexity index is 1160. The fraction of sp³-hybridized carbons (Fsp3) is 0.105. The normalized spacial score (nSPS) is 10.5. The van der Waals surface area contributed by atoms with Gasteiger partial charge in [0.25, 0.3) is 0 Å². The highest BCUT2D eigenvalue weighted by molar-refractivity contribution is 5.78. The molecule has 0 aliphatic carbocycles. The zero-order chi connectivity index (χ0) is 19.5. The first-order chi connectivity index (χ1) is 13.7. The van der Waals surface area contributed by atoms with E-state index in [0.717, 1.165) is 11.1 Å². The minimum Gasteiger partial charge on any atom is -0.347 e. The molecule has 1 N–H and O–H groups in total. The maximum atomic E-state index is 9.46. The average Bonchev–Trinajstić information content (AvgIpc) is 3.28. The number of aromatic nitrogens is 7. The van der Waals surface area contributed by atoms with Gasteiger partial charge in [-0.1, -0.05) is 36.4 Å². The molecular weight excluding hydrogens is 354 g/mol. The molecule has 0 fully saturated rings. The van der Waals surface area contributed by atoms with Crippen LogP contribution in [0.2, 0.25) is 0 Å². The van der Waals surface area contributed by atoms with Gasteiger partial charge in [0.2, 0.25) is 11.8 Å². The summed E-state index contributed by atoms with van der Waals surface area (Å²) in [7, 11) is 3.70. The number of aromatic amines is 1. The summed E-state index contributed by atoms with van der Waals surface area (Å²) in [5.74, 6) is 1.81. The van der Waals surface area contributed by atoms with E-state index in [1.165, 1.54) is 0 Å². The summed E-state index contributed by atoms with van der Waals surface area (Å²) in [5, 5.41) is 23.7. The minimum atomic E-state index is 0.425. The number of anilines is 1. The first-order valence-electron chi connectivity index (χ1n) is 8.43. The predicted octanol–water partition coefficient (Wildman–Crippen LogP) is 2.32. The fourth-order valence-electron chi connectivity index (χ4n) is 2.73. The van der Waals surface area contributed by atoms with Crippen LogP contribution < -0.4 is 4.90 Å². The molecule has 9 nitrogen and oxygen atoms in total. The lowest BCUT2D eigenvalue weighted by atomic mass is 10.1. The molecule has 0 saturated heterocycles. The molecule has 2 aromatic heterocycles. The second-order valence-corrected chi connectivity index (χ2v) is 6.12. The standard InChI is InChI=1S/C19H15N9/c1-28(2)19-22-16(13-8-4-3-7-12(13)11-20)21-17(23-19)14-9-5-6-10-15(14)18-24-26-27-25-18/h3-10H,1-2H3,(H,24,25,26,27). The minimum absolute atomic E-state index is 0.425. The number of hydrogen-bond acceptors (Lipinski definition) is 8. The molecule has 28 heavy (non-hydrogen) atoms. The fourth-order valence-corrected chi connectivity index (χ4v) is 2.73. The smallest absolute Gasteiger partial charge is 0.228 e. The molecule has 136 valence electrons. The lowest BCUT2D eigenvalue weighted by Gasteiger charge is -2.14. The van der Waals surface area contributed by atoms with E-state index in [1.807, 2.05) is 56.6 Å². The lowest BCUT2D eigenvalue weighted by molar-refractivity contribution is 0.881. The third-order valence-electron chi connectivity index (χ3n) is 4.07. The van der Waals surface area contributed by atoms with Crippen molar-refractivity contribution in [1.82, 2.24) is 35.6 Å². The molecule has 0 aliphatic heterocycles. The van der Waals surface area contributed by atoms with E-state index in [9.17, 15) is 5.26 Å². The maximum Gasteiger partial charge on any atom is 0.228 e. The SMILES string of the molecule is CN(C)c1nc(-c2ccccc2C#N)nc(-c2ccccc2-c2nn[nH]n2)n1. The molecule has 0 spiro atoms. The van der Waals surface area contributed by atoms with Gasteiger partial charge in [0, 0.05) is 30.8 Å². The zero-order valence-corrected chi connectivity index (χ0v) is 15.2. The van der Waals surface area contributed by atoms with Crippen molar-refractivity contribution in [3.8, 4) is 40.2 Å². The molecule has 2 aromatic carbocycles. The van der Waals surface area contributed by atoms with Crippen molar-refractivity contribution < 1.29 is 0 Å². The molecule has 0 saturated carbocycles. The van der Waals surface area contributed by atoms with Gasteiger partial charge in [-0.3, -0.25) is 0 Å². The van der Waals surface area contributed by atoms with E-state index in [-0.39, 0.29) is 0 Å². The second kappa shape index (κ2) is 7.20. The van der Waals surface area contributed by atoms with Crippen molar-refractivity contribution in [2.45, 2.75) is 0 Å². The number of nitriles is 1. The van der Waals surface area contributed by atoms with Crippen LogP contribution in [0, 0.1) is 11.3 Å². The Morgan fingerprint density at radius 3 is 2.04 bits per heavy atom. The van der Waals surface area contributed by atoms with E-state index in [2.05, 4.69) is 41.6 Å². The van der Waals surface area contributed by atoms with Crippen molar-refractivity contribution in [1.29, 1.82) is 5.26 Å². The summed E-state index contributed by atoms with van der Waals surface area (Å²) < 4.78 is 0. The van der Waals surface area contributed by atoms with Gasteiger partial charge >= 0.3 is 0 Å². The van der Waals surface area contributed by atoms with E-state index in [0.29, 0.717) is 34.5 Å². The second-order valence-electron chi connectivity index (χ2n) is 6.12. The average molecular weight is 369 g/mol. The van der Waals surface area contributed by atoms with Crippen molar-refractivity contribution in [2.75, 3.05) is 19.0 Å². The molecule has 0 bridgehead atoms. The van der Waals surface area contributed by atoms with E-state index < -0.39 is 0 Å². The van der Waals surface area contributed by atoms with Crippen molar-refractivity contribution >= 4 is 5.95 Å². The highest BCUT2D eigenvalue weighted by Crippen LogP contribution is 2.30. The summed E-state index contributed by atoms with van der Waals surface area (Å²) in [4.78, 5) is 15.6. The van der Waals surface area contributed by atoms with E-state index in [4.69, 9.17) is 0 Å². The molecular formula is C19H15N9. The quantitative estimate of drug-likeness (QED) is 0.582. The van der Waals surface area contributed by atoms with Gasteiger partial charge in [-0.05, 0) is 17.3 Å².